The maximum Gasteiger partial charge on any atom is 0.426 e. The second kappa shape index (κ2) is 9.26. The number of amides is 2. The Bertz CT molecular complexity index is 900. The lowest BCUT2D eigenvalue weighted by Gasteiger charge is -2.47. The standard InChI is InChI=1S/C24H30F2N4O3/c25-24(26,15-18-5-2-1-3-6-18)16-19(20(31)29-23(17-27)9-10-23)28-21(32)33-30-13-11-22(12-14-30)7-4-8-22/h1-3,5-6,19H,4,7-16H2,(H,28,32)(H,29,31)/t19-/m0/s1. The highest BCUT2D eigenvalue weighted by atomic mass is 19.3. The highest BCUT2D eigenvalue weighted by Crippen LogP contribution is 2.48. The zero-order valence-electron chi connectivity index (χ0n) is 18.6. The monoisotopic (exact) mass is 460 g/mol. The number of nitriles is 1. The quantitative estimate of drug-likeness (QED) is 0.617. The fourth-order valence-corrected chi connectivity index (χ4v) is 4.70. The van der Waals surface area contributed by atoms with Crippen LogP contribution in [0.3, 0.4) is 0 Å². The van der Waals surface area contributed by atoms with Crippen molar-refractivity contribution in [2.24, 2.45) is 5.41 Å². The molecule has 2 saturated carbocycles. The van der Waals surface area contributed by atoms with E-state index in [9.17, 15) is 23.6 Å². The molecule has 1 atom stereocenters. The normalized spacial score (nSPS) is 21.8. The van der Waals surface area contributed by atoms with Crippen LogP contribution in [0.5, 0.6) is 0 Å². The Balaban J connectivity index is 1.37. The van der Waals surface area contributed by atoms with Crippen LogP contribution in [0.4, 0.5) is 13.6 Å². The van der Waals surface area contributed by atoms with Gasteiger partial charge < -0.3 is 15.5 Å². The van der Waals surface area contributed by atoms with Crippen LogP contribution in [0.1, 0.15) is 56.9 Å². The van der Waals surface area contributed by atoms with E-state index in [2.05, 4.69) is 10.6 Å². The first-order valence-corrected chi connectivity index (χ1v) is 11.6. The fraction of sp³-hybridized carbons (Fsp3) is 0.625. The largest absolute Gasteiger partial charge is 0.426 e. The molecule has 2 N–H and O–H groups in total. The number of carbonyl (C=O) groups is 2. The molecule has 0 unspecified atom stereocenters. The SMILES string of the molecule is N#CC1(NC(=O)[C@H](CC(F)(F)Cc2ccccc2)NC(=O)ON2CCC3(CCC3)CC2)CC1. The van der Waals surface area contributed by atoms with Crippen LogP contribution >= 0.6 is 0 Å². The third-order valence-corrected chi connectivity index (χ3v) is 7.15. The van der Waals surface area contributed by atoms with Crippen LogP contribution in [0.15, 0.2) is 30.3 Å². The molecular formula is C24H30F2N4O3. The number of halogens is 2. The number of benzene rings is 1. The lowest BCUT2D eigenvalue weighted by Crippen LogP contribution is -2.54. The van der Waals surface area contributed by atoms with Gasteiger partial charge in [-0.2, -0.15) is 5.26 Å². The molecule has 0 radical (unpaired) electrons. The zero-order valence-corrected chi connectivity index (χ0v) is 18.6. The van der Waals surface area contributed by atoms with E-state index in [0.717, 1.165) is 12.8 Å². The zero-order chi connectivity index (χ0) is 23.5. The molecule has 3 fully saturated rings. The van der Waals surface area contributed by atoms with Crippen molar-refractivity contribution in [3.05, 3.63) is 35.9 Å². The molecule has 1 spiro atoms. The van der Waals surface area contributed by atoms with Gasteiger partial charge in [-0.1, -0.05) is 36.8 Å². The summed E-state index contributed by atoms with van der Waals surface area (Å²) < 4.78 is 29.7. The number of hydroxylamine groups is 2. The maximum absolute atomic E-state index is 14.8. The summed E-state index contributed by atoms with van der Waals surface area (Å²) in [6.45, 7) is 1.18. The van der Waals surface area contributed by atoms with Crippen LogP contribution in [-0.4, -0.2) is 47.7 Å². The molecule has 1 aromatic carbocycles. The molecule has 1 aromatic rings. The lowest BCUT2D eigenvalue weighted by atomic mass is 9.63. The first-order chi connectivity index (χ1) is 15.7. The molecule has 9 heteroatoms. The topological polar surface area (TPSA) is 94.5 Å². The summed E-state index contributed by atoms with van der Waals surface area (Å²) in [6, 6.07) is 8.73. The molecule has 4 rings (SSSR count). The number of piperidine rings is 1. The molecular weight excluding hydrogens is 430 g/mol. The third kappa shape index (κ3) is 5.99. The number of nitrogens with zero attached hydrogens (tertiary/aromatic N) is 2. The van der Waals surface area contributed by atoms with Crippen LogP contribution < -0.4 is 10.6 Å². The summed E-state index contributed by atoms with van der Waals surface area (Å²) >= 11 is 0. The number of hydrogen-bond acceptors (Lipinski definition) is 5. The van der Waals surface area contributed by atoms with E-state index in [-0.39, 0.29) is 0 Å². The highest BCUT2D eigenvalue weighted by molar-refractivity contribution is 5.86. The molecule has 2 amide bonds. The average Bonchev–Trinajstić information content (AvgIpc) is 3.53. The van der Waals surface area contributed by atoms with Crippen LogP contribution in [-0.2, 0) is 16.1 Å². The molecule has 0 aromatic heterocycles. The van der Waals surface area contributed by atoms with Gasteiger partial charge in [0.1, 0.15) is 11.6 Å². The van der Waals surface area contributed by atoms with Crippen LogP contribution in [0.25, 0.3) is 0 Å². The van der Waals surface area contributed by atoms with Gasteiger partial charge in [0.2, 0.25) is 5.91 Å². The molecule has 1 heterocycles. The van der Waals surface area contributed by atoms with Crippen LogP contribution in [0.2, 0.25) is 0 Å². The summed E-state index contributed by atoms with van der Waals surface area (Å²) in [4.78, 5) is 30.6. The van der Waals surface area contributed by atoms with Crippen molar-refractivity contribution < 1.29 is 23.2 Å². The Kier molecular flexibility index (Phi) is 6.57. The van der Waals surface area contributed by atoms with Crippen molar-refractivity contribution in [3.8, 4) is 6.07 Å². The van der Waals surface area contributed by atoms with Crippen molar-refractivity contribution in [1.82, 2.24) is 15.7 Å². The van der Waals surface area contributed by atoms with Gasteiger partial charge in [-0.15, -0.1) is 5.06 Å². The van der Waals surface area contributed by atoms with E-state index in [1.54, 1.807) is 30.3 Å². The summed E-state index contributed by atoms with van der Waals surface area (Å²) in [5, 5.41) is 15.6. The molecule has 1 aliphatic heterocycles. The maximum atomic E-state index is 14.8. The van der Waals surface area contributed by atoms with Crippen molar-refractivity contribution in [1.29, 1.82) is 5.26 Å². The van der Waals surface area contributed by atoms with Gasteiger partial charge in [-0.05, 0) is 49.5 Å². The van der Waals surface area contributed by atoms with Gasteiger partial charge in [-0.25, -0.2) is 13.6 Å². The van der Waals surface area contributed by atoms with E-state index in [1.807, 2.05) is 6.07 Å². The molecule has 7 nitrogen and oxygen atoms in total. The molecule has 2 aliphatic carbocycles. The Morgan fingerprint density at radius 1 is 1.12 bits per heavy atom. The van der Waals surface area contributed by atoms with E-state index in [4.69, 9.17) is 4.84 Å². The van der Waals surface area contributed by atoms with Gasteiger partial charge in [0, 0.05) is 25.9 Å². The molecule has 3 aliphatic rings. The molecule has 33 heavy (non-hydrogen) atoms. The van der Waals surface area contributed by atoms with Gasteiger partial charge in [0.25, 0.3) is 5.92 Å². The van der Waals surface area contributed by atoms with Gasteiger partial charge in [0.15, 0.2) is 0 Å². The smallest absolute Gasteiger partial charge is 0.351 e. The van der Waals surface area contributed by atoms with E-state index in [0.29, 0.717) is 36.9 Å². The first-order valence-electron chi connectivity index (χ1n) is 11.6. The van der Waals surface area contributed by atoms with E-state index < -0.39 is 42.3 Å². The van der Waals surface area contributed by atoms with Crippen LogP contribution in [0, 0.1) is 16.7 Å². The van der Waals surface area contributed by atoms with Crippen molar-refractivity contribution in [2.75, 3.05) is 13.1 Å². The predicted octanol–water partition coefficient (Wildman–Crippen LogP) is 3.70. The van der Waals surface area contributed by atoms with Gasteiger partial charge >= 0.3 is 6.09 Å². The van der Waals surface area contributed by atoms with Crippen molar-refractivity contribution >= 4 is 12.0 Å². The fourth-order valence-electron chi connectivity index (χ4n) is 4.70. The Hall–Kier alpha value is -2.73. The number of nitrogens with one attached hydrogen (secondary N) is 2. The Morgan fingerprint density at radius 2 is 1.79 bits per heavy atom. The minimum Gasteiger partial charge on any atom is -0.351 e. The number of alkyl halides is 2. The Morgan fingerprint density at radius 3 is 2.33 bits per heavy atom. The number of rotatable bonds is 8. The number of hydrogen-bond donors (Lipinski definition) is 2. The lowest BCUT2D eigenvalue weighted by molar-refractivity contribution is -0.144. The summed E-state index contributed by atoms with van der Waals surface area (Å²) in [5.41, 5.74) is -0.230. The molecule has 1 saturated heterocycles. The molecule has 0 bridgehead atoms. The summed E-state index contributed by atoms with van der Waals surface area (Å²) in [7, 11) is 0. The van der Waals surface area contributed by atoms with Crippen molar-refractivity contribution in [2.45, 2.75) is 75.3 Å². The van der Waals surface area contributed by atoms with E-state index in [1.165, 1.54) is 24.3 Å². The predicted molar refractivity (Wildman–Crippen MR) is 116 cm³/mol. The summed E-state index contributed by atoms with van der Waals surface area (Å²) in [6.07, 6.45) is 4.04. The Labute approximate surface area is 192 Å². The minimum atomic E-state index is -3.25. The third-order valence-electron chi connectivity index (χ3n) is 7.15. The average molecular weight is 461 g/mol. The van der Waals surface area contributed by atoms with Crippen molar-refractivity contribution in [3.63, 3.8) is 0 Å². The number of carbonyl (C=O) groups excluding carboxylic acids is 2. The van der Waals surface area contributed by atoms with E-state index >= 15 is 0 Å². The highest BCUT2D eigenvalue weighted by Gasteiger charge is 2.47. The summed E-state index contributed by atoms with van der Waals surface area (Å²) in [5.74, 6) is -4.05. The second-order valence-electron chi connectivity index (χ2n) is 9.76. The van der Waals surface area contributed by atoms with Gasteiger partial charge in [-0.3, -0.25) is 4.79 Å². The van der Waals surface area contributed by atoms with Gasteiger partial charge in [0.05, 0.1) is 6.07 Å². The minimum absolute atomic E-state index is 0.369. The first kappa shape index (κ1) is 23.4. The second-order valence-corrected chi connectivity index (χ2v) is 9.76. The molecule has 178 valence electrons.